The molecule has 7 heteroatoms. The van der Waals surface area contributed by atoms with Crippen molar-refractivity contribution in [3.05, 3.63) is 57.0 Å². The van der Waals surface area contributed by atoms with Crippen molar-refractivity contribution >= 4 is 23.2 Å². The number of aliphatic imine (C=N–C) groups is 1. The molecule has 0 saturated heterocycles. The highest BCUT2D eigenvalue weighted by molar-refractivity contribution is 7.11. The Morgan fingerprint density at radius 2 is 1.93 bits per heavy atom. The molecule has 1 amide bonds. The van der Waals surface area contributed by atoms with Gasteiger partial charge in [-0.05, 0) is 50.6 Å². The summed E-state index contributed by atoms with van der Waals surface area (Å²) in [4.78, 5) is 18.9. The van der Waals surface area contributed by atoms with E-state index in [1.54, 1.807) is 37.4 Å². The number of carbonyl (C=O) groups excluding carboxylic acids is 1. The molecule has 0 spiro atoms. The van der Waals surface area contributed by atoms with E-state index in [2.05, 4.69) is 46.9 Å². The van der Waals surface area contributed by atoms with Crippen LogP contribution in [-0.4, -0.2) is 38.0 Å². The standard InChI is InChI=1S/C20H27FN4OS/c1-13-5-7-16(12-18(13)21)19(26)23-9-10-24-20(22-4)25-14(2)11-17-8-6-15(3)27-17/h5-8,12,14H,9-11H2,1-4H3,(H,23,26)(H2,22,24,25). The van der Waals surface area contributed by atoms with Crippen molar-refractivity contribution in [3.8, 4) is 0 Å². The van der Waals surface area contributed by atoms with Gasteiger partial charge in [-0.1, -0.05) is 6.07 Å². The molecule has 1 heterocycles. The average molecular weight is 391 g/mol. The van der Waals surface area contributed by atoms with Crippen molar-refractivity contribution in [2.24, 2.45) is 4.99 Å². The van der Waals surface area contributed by atoms with E-state index in [1.165, 1.54) is 15.8 Å². The second kappa shape index (κ2) is 10.1. The van der Waals surface area contributed by atoms with Gasteiger partial charge in [0.25, 0.3) is 5.91 Å². The molecule has 146 valence electrons. The molecule has 2 rings (SSSR count). The Hall–Kier alpha value is -2.41. The third kappa shape index (κ3) is 6.67. The van der Waals surface area contributed by atoms with Gasteiger partial charge in [-0.25, -0.2) is 4.39 Å². The Balaban J connectivity index is 1.72. The molecule has 2 aromatic rings. The van der Waals surface area contributed by atoms with Gasteiger partial charge in [0.15, 0.2) is 5.96 Å². The summed E-state index contributed by atoms with van der Waals surface area (Å²) in [6, 6.07) is 8.99. The topological polar surface area (TPSA) is 65.5 Å². The van der Waals surface area contributed by atoms with E-state index < -0.39 is 0 Å². The van der Waals surface area contributed by atoms with Gasteiger partial charge in [0, 0.05) is 47.9 Å². The van der Waals surface area contributed by atoms with Gasteiger partial charge in [0.2, 0.25) is 0 Å². The number of hydrogen-bond acceptors (Lipinski definition) is 3. The Bertz CT molecular complexity index is 803. The first-order valence-corrected chi connectivity index (χ1v) is 9.77. The van der Waals surface area contributed by atoms with E-state index >= 15 is 0 Å². The molecule has 0 aliphatic heterocycles. The van der Waals surface area contributed by atoms with E-state index in [1.807, 2.05) is 0 Å². The average Bonchev–Trinajstić information content (AvgIpc) is 3.04. The van der Waals surface area contributed by atoms with Gasteiger partial charge in [-0.15, -0.1) is 11.3 Å². The minimum absolute atomic E-state index is 0.236. The maximum atomic E-state index is 13.5. The van der Waals surface area contributed by atoms with Gasteiger partial charge in [0.1, 0.15) is 5.82 Å². The van der Waals surface area contributed by atoms with E-state index in [0.717, 1.165) is 6.42 Å². The number of halogens is 1. The molecule has 3 N–H and O–H groups in total. The molecule has 0 aliphatic carbocycles. The zero-order valence-electron chi connectivity index (χ0n) is 16.2. The Morgan fingerprint density at radius 3 is 2.56 bits per heavy atom. The Morgan fingerprint density at radius 1 is 1.19 bits per heavy atom. The number of nitrogens with zero attached hydrogens (tertiary/aromatic N) is 1. The molecule has 1 unspecified atom stereocenters. The maximum absolute atomic E-state index is 13.5. The lowest BCUT2D eigenvalue weighted by Gasteiger charge is -2.17. The lowest BCUT2D eigenvalue weighted by Crippen LogP contribution is -2.45. The monoisotopic (exact) mass is 390 g/mol. The fourth-order valence-corrected chi connectivity index (χ4v) is 3.59. The number of guanidine groups is 1. The van der Waals surface area contributed by atoms with E-state index in [9.17, 15) is 9.18 Å². The quantitative estimate of drug-likeness (QED) is 0.387. The summed E-state index contributed by atoms with van der Waals surface area (Å²) < 4.78 is 13.5. The number of amides is 1. The number of benzene rings is 1. The van der Waals surface area contributed by atoms with Crippen LogP contribution in [-0.2, 0) is 6.42 Å². The van der Waals surface area contributed by atoms with Crippen LogP contribution < -0.4 is 16.0 Å². The van der Waals surface area contributed by atoms with Gasteiger partial charge < -0.3 is 16.0 Å². The molecular formula is C20H27FN4OS. The summed E-state index contributed by atoms with van der Waals surface area (Å²) in [5, 5.41) is 9.29. The zero-order valence-corrected chi connectivity index (χ0v) is 17.0. The number of thiophene rings is 1. The fourth-order valence-electron chi connectivity index (χ4n) is 2.57. The summed E-state index contributed by atoms with van der Waals surface area (Å²) in [6.45, 7) is 6.81. The van der Waals surface area contributed by atoms with E-state index in [-0.39, 0.29) is 17.8 Å². The fraction of sp³-hybridized carbons (Fsp3) is 0.400. The van der Waals surface area contributed by atoms with Crippen LogP contribution in [0.15, 0.2) is 35.3 Å². The van der Waals surface area contributed by atoms with Crippen LogP contribution in [0.5, 0.6) is 0 Å². The van der Waals surface area contributed by atoms with Crippen LogP contribution in [0.3, 0.4) is 0 Å². The van der Waals surface area contributed by atoms with E-state index in [4.69, 9.17) is 0 Å². The van der Waals surface area contributed by atoms with Gasteiger partial charge in [0.05, 0.1) is 0 Å². The van der Waals surface area contributed by atoms with Crippen molar-refractivity contribution in [1.29, 1.82) is 0 Å². The summed E-state index contributed by atoms with van der Waals surface area (Å²) in [7, 11) is 1.71. The summed E-state index contributed by atoms with van der Waals surface area (Å²) in [6.07, 6.45) is 0.926. The lowest BCUT2D eigenvalue weighted by molar-refractivity contribution is 0.0954. The van der Waals surface area contributed by atoms with Crippen LogP contribution >= 0.6 is 11.3 Å². The Labute approximate surface area is 164 Å². The SMILES string of the molecule is CN=C(NCCNC(=O)c1ccc(C)c(F)c1)NC(C)Cc1ccc(C)s1. The summed E-state index contributed by atoms with van der Waals surface area (Å²) in [5.41, 5.74) is 0.843. The van der Waals surface area contributed by atoms with Crippen molar-refractivity contribution in [3.63, 3.8) is 0 Å². The lowest BCUT2D eigenvalue weighted by atomic mass is 10.1. The molecule has 27 heavy (non-hydrogen) atoms. The van der Waals surface area contributed by atoms with Crippen LogP contribution in [0.1, 0.15) is 32.6 Å². The Kier molecular flexibility index (Phi) is 7.79. The van der Waals surface area contributed by atoms with Gasteiger partial charge in [-0.2, -0.15) is 0 Å². The third-order valence-electron chi connectivity index (χ3n) is 4.05. The molecule has 1 aromatic carbocycles. The smallest absolute Gasteiger partial charge is 0.251 e. The van der Waals surface area contributed by atoms with Crippen molar-refractivity contribution in [1.82, 2.24) is 16.0 Å². The van der Waals surface area contributed by atoms with Crippen molar-refractivity contribution in [2.45, 2.75) is 33.2 Å². The highest BCUT2D eigenvalue weighted by Crippen LogP contribution is 2.16. The normalized spacial score (nSPS) is 12.6. The molecule has 0 aliphatic rings. The summed E-state index contributed by atoms with van der Waals surface area (Å²) in [5.74, 6) is 0.0202. The number of nitrogens with one attached hydrogen (secondary N) is 3. The highest BCUT2D eigenvalue weighted by atomic mass is 32.1. The molecule has 0 saturated carbocycles. The second-order valence-electron chi connectivity index (χ2n) is 6.48. The third-order valence-corrected chi connectivity index (χ3v) is 5.07. The van der Waals surface area contributed by atoms with Crippen molar-refractivity contribution < 1.29 is 9.18 Å². The van der Waals surface area contributed by atoms with Gasteiger partial charge in [-0.3, -0.25) is 9.79 Å². The zero-order chi connectivity index (χ0) is 19.8. The molecule has 0 fully saturated rings. The second-order valence-corrected chi connectivity index (χ2v) is 7.85. The molecule has 0 bridgehead atoms. The van der Waals surface area contributed by atoms with Crippen LogP contribution in [0.2, 0.25) is 0 Å². The van der Waals surface area contributed by atoms with Crippen LogP contribution in [0.4, 0.5) is 4.39 Å². The molecule has 5 nitrogen and oxygen atoms in total. The van der Waals surface area contributed by atoms with E-state index in [0.29, 0.717) is 30.2 Å². The van der Waals surface area contributed by atoms with Gasteiger partial charge >= 0.3 is 0 Å². The first-order chi connectivity index (χ1) is 12.9. The number of aryl methyl sites for hydroxylation is 2. The molecule has 1 aromatic heterocycles. The maximum Gasteiger partial charge on any atom is 0.251 e. The molecule has 1 atom stereocenters. The first-order valence-electron chi connectivity index (χ1n) is 8.96. The molecule has 0 radical (unpaired) electrons. The van der Waals surface area contributed by atoms with Crippen LogP contribution in [0.25, 0.3) is 0 Å². The predicted molar refractivity (Wildman–Crippen MR) is 110 cm³/mol. The number of rotatable bonds is 7. The van der Waals surface area contributed by atoms with Crippen molar-refractivity contribution in [2.75, 3.05) is 20.1 Å². The predicted octanol–water partition coefficient (Wildman–Crippen LogP) is 3.03. The minimum Gasteiger partial charge on any atom is -0.355 e. The first kappa shape index (κ1) is 20.9. The number of carbonyl (C=O) groups is 1. The highest BCUT2D eigenvalue weighted by Gasteiger charge is 2.09. The van der Waals surface area contributed by atoms with Crippen LogP contribution in [0, 0.1) is 19.7 Å². The number of hydrogen-bond donors (Lipinski definition) is 3. The summed E-state index contributed by atoms with van der Waals surface area (Å²) >= 11 is 1.80. The minimum atomic E-state index is -0.375. The largest absolute Gasteiger partial charge is 0.355 e. The molecular weight excluding hydrogens is 363 g/mol.